The summed E-state index contributed by atoms with van der Waals surface area (Å²) in [6, 6.07) is -0.632. The molecule has 6 heteroatoms. The zero-order valence-electron chi connectivity index (χ0n) is 44.4. The van der Waals surface area contributed by atoms with E-state index in [9.17, 15) is 19.8 Å². The highest BCUT2D eigenvalue weighted by molar-refractivity contribution is 5.76. The molecule has 0 fully saturated rings. The molecule has 0 spiro atoms. The third-order valence-corrected chi connectivity index (χ3v) is 13.7. The van der Waals surface area contributed by atoms with Gasteiger partial charge in [-0.3, -0.25) is 9.59 Å². The molecule has 66 heavy (non-hydrogen) atoms. The molecule has 390 valence electrons. The van der Waals surface area contributed by atoms with E-state index >= 15 is 0 Å². The number of unbranched alkanes of at least 4 members (excludes halogenated alkanes) is 42. The van der Waals surface area contributed by atoms with Crippen LogP contribution in [-0.4, -0.2) is 47.4 Å². The number of carbonyl (C=O) groups excluding carboxylic acids is 2. The molecule has 0 aromatic heterocycles. The molecule has 0 saturated heterocycles. The van der Waals surface area contributed by atoms with Gasteiger partial charge in [0.25, 0.3) is 0 Å². The first kappa shape index (κ1) is 64.3. The fourth-order valence-electron chi connectivity index (χ4n) is 9.16. The van der Waals surface area contributed by atoms with Crippen LogP contribution in [0.15, 0.2) is 24.3 Å². The standard InChI is InChI=1S/C60H115NO5/c1-3-5-7-9-11-13-15-17-19-24-28-32-36-40-44-48-52-58(63)57(56-62)61-59(64)53-49-45-41-37-33-29-25-22-21-23-27-31-35-39-43-47-51-55-66-60(65)54-50-46-42-38-34-30-26-20-18-16-14-12-10-8-6-4-2/h20,26,48,52,57-58,62-63H,3-19,21-25,27-47,49-51,53-56H2,1-2H3,(H,61,64)/b26-20-,52-48+. The lowest BCUT2D eigenvalue weighted by Gasteiger charge is -2.20. The van der Waals surface area contributed by atoms with E-state index in [2.05, 4.69) is 31.3 Å². The first-order valence-corrected chi connectivity index (χ1v) is 29.6. The Morgan fingerprint density at radius 3 is 1.08 bits per heavy atom. The Labute approximate surface area is 411 Å². The number of esters is 1. The fourth-order valence-corrected chi connectivity index (χ4v) is 9.16. The van der Waals surface area contributed by atoms with E-state index in [4.69, 9.17) is 4.74 Å². The van der Waals surface area contributed by atoms with Crippen LogP contribution in [0.1, 0.15) is 322 Å². The largest absolute Gasteiger partial charge is 0.466 e. The third kappa shape index (κ3) is 51.7. The number of hydrogen-bond acceptors (Lipinski definition) is 5. The zero-order chi connectivity index (χ0) is 47.9. The van der Waals surface area contributed by atoms with Gasteiger partial charge in [-0.1, -0.05) is 276 Å². The number of carbonyl (C=O) groups is 2. The molecule has 0 aromatic carbocycles. The van der Waals surface area contributed by atoms with Gasteiger partial charge >= 0.3 is 5.97 Å². The number of aliphatic hydroxyl groups is 2. The van der Waals surface area contributed by atoms with E-state index in [0.717, 1.165) is 44.9 Å². The van der Waals surface area contributed by atoms with Gasteiger partial charge in [-0.2, -0.15) is 0 Å². The summed E-state index contributed by atoms with van der Waals surface area (Å²) in [5.74, 6) is -0.0744. The van der Waals surface area contributed by atoms with E-state index in [1.165, 1.54) is 250 Å². The second-order valence-corrected chi connectivity index (χ2v) is 20.3. The lowest BCUT2D eigenvalue weighted by atomic mass is 10.0. The predicted octanol–water partition coefficient (Wildman–Crippen LogP) is 18.2. The molecule has 0 heterocycles. The molecule has 1 amide bonds. The maximum atomic E-state index is 12.5. The van der Waals surface area contributed by atoms with Crippen molar-refractivity contribution in [3.8, 4) is 0 Å². The first-order chi connectivity index (χ1) is 32.5. The Morgan fingerprint density at radius 1 is 0.409 bits per heavy atom. The van der Waals surface area contributed by atoms with Crippen molar-refractivity contribution in [1.29, 1.82) is 0 Å². The summed E-state index contributed by atoms with van der Waals surface area (Å²) in [6.07, 6.45) is 67.7. The van der Waals surface area contributed by atoms with Crippen LogP contribution >= 0.6 is 0 Å². The van der Waals surface area contributed by atoms with E-state index in [1.807, 2.05) is 6.08 Å². The molecule has 0 aliphatic rings. The molecule has 2 atom stereocenters. The summed E-state index contributed by atoms with van der Waals surface area (Å²) in [5.41, 5.74) is 0. The number of hydrogen-bond donors (Lipinski definition) is 3. The summed E-state index contributed by atoms with van der Waals surface area (Å²) < 4.78 is 5.48. The van der Waals surface area contributed by atoms with Gasteiger partial charge in [0.2, 0.25) is 5.91 Å². The van der Waals surface area contributed by atoms with Crippen molar-refractivity contribution < 1.29 is 24.5 Å². The molecule has 6 nitrogen and oxygen atoms in total. The molecule has 0 radical (unpaired) electrons. The van der Waals surface area contributed by atoms with Gasteiger partial charge in [0.05, 0.1) is 25.4 Å². The first-order valence-electron chi connectivity index (χ1n) is 29.6. The minimum absolute atomic E-state index is 0.00263. The van der Waals surface area contributed by atoms with Crippen LogP contribution in [-0.2, 0) is 14.3 Å². The highest BCUT2D eigenvalue weighted by Gasteiger charge is 2.18. The van der Waals surface area contributed by atoms with Gasteiger partial charge in [-0.15, -0.1) is 0 Å². The number of allylic oxidation sites excluding steroid dienone is 3. The van der Waals surface area contributed by atoms with Crippen LogP contribution in [0.5, 0.6) is 0 Å². The monoisotopic (exact) mass is 930 g/mol. The van der Waals surface area contributed by atoms with Gasteiger partial charge in [0.1, 0.15) is 0 Å². The summed E-state index contributed by atoms with van der Waals surface area (Å²) in [5, 5.41) is 23.1. The second-order valence-electron chi connectivity index (χ2n) is 20.3. The Morgan fingerprint density at radius 2 is 0.712 bits per heavy atom. The van der Waals surface area contributed by atoms with Crippen LogP contribution in [0, 0.1) is 0 Å². The molecule has 0 rings (SSSR count). The van der Waals surface area contributed by atoms with Crippen molar-refractivity contribution in [3.63, 3.8) is 0 Å². The van der Waals surface area contributed by atoms with Gasteiger partial charge in [-0.25, -0.2) is 0 Å². The highest BCUT2D eigenvalue weighted by Crippen LogP contribution is 2.17. The number of nitrogens with one attached hydrogen (secondary N) is 1. The smallest absolute Gasteiger partial charge is 0.305 e. The molecule has 0 aliphatic heterocycles. The number of amides is 1. The molecule has 0 aromatic rings. The van der Waals surface area contributed by atoms with E-state index in [1.54, 1.807) is 6.08 Å². The Bertz CT molecular complexity index is 1030. The molecule has 0 saturated carbocycles. The zero-order valence-corrected chi connectivity index (χ0v) is 44.4. The van der Waals surface area contributed by atoms with E-state index in [0.29, 0.717) is 19.4 Å². The highest BCUT2D eigenvalue weighted by atomic mass is 16.5. The lowest BCUT2D eigenvalue weighted by Crippen LogP contribution is -2.45. The average molecular weight is 931 g/mol. The third-order valence-electron chi connectivity index (χ3n) is 13.7. The van der Waals surface area contributed by atoms with Crippen LogP contribution in [0.3, 0.4) is 0 Å². The minimum Gasteiger partial charge on any atom is -0.466 e. The molecule has 0 bridgehead atoms. The number of ether oxygens (including phenoxy) is 1. The quantitative estimate of drug-likeness (QED) is 0.0321. The van der Waals surface area contributed by atoms with Gasteiger partial charge in [0, 0.05) is 12.8 Å². The Kier molecular flexibility index (Phi) is 54.5. The van der Waals surface area contributed by atoms with Crippen LogP contribution in [0.25, 0.3) is 0 Å². The molecule has 0 aliphatic carbocycles. The maximum Gasteiger partial charge on any atom is 0.305 e. The Hall–Kier alpha value is -1.66. The average Bonchev–Trinajstić information content (AvgIpc) is 3.32. The topological polar surface area (TPSA) is 95.9 Å². The second kappa shape index (κ2) is 55.9. The predicted molar refractivity (Wildman–Crippen MR) is 287 cm³/mol. The molecule has 2 unspecified atom stereocenters. The van der Waals surface area contributed by atoms with Crippen molar-refractivity contribution >= 4 is 11.9 Å². The van der Waals surface area contributed by atoms with Crippen LogP contribution in [0.4, 0.5) is 0 Å². The van der Waals surface area contributed by atoms with Gasteiger partial charge < -0.3 is 20.3 Å². The lowest BCUT2D eigenvalue weighted by molar-refractivity contribution is -0.143. The summed E-state index contributed by atoms with van der Waals surface area (Å²) >= 11 is 0. The summed E-state index contributed by atoms with van der Waals surface area (Å²) in [4.78, 5) is 24.5. The molecule has 3 N–H and O–H groups in total. The molecular weight excluding hydrogens is 815 g/mol. The van der Waals surface area contributed by atoms with E-state index in [-0.39, 0.29) is 18.5 Å². The van der Waals surface area contributed by atoms with Crippen molar-refractivity contribution in [1.82, 2.24) is 5.32 Å². The number of aliphatic hydroxyl groups excluding tert-OH is 2. The van der Waals surface area contributed by atoms with Crippen LogP contribution in [0.2, 0.25) is 0 Å². The number of rotatable bonds is 55. The Balaban J connectivity index is 3.44. The summed E-state index contributed by atoms with van der Waals surface area (Å²) in [7, 11) is 0. The van der Waals surface area contributed by atoms with Crippen molar-refractivity contribution in [3.05, 3.63) is 24.3 Å². The van der Waals surface area contributed by atoms with E-state index < -0.39 is 12.1 Å². The van der Waals surface area contributed by atoms with Crippen molar-refractivity contribution in [2.45, 2.75) is 334 Å². The maximum absolute atomic E-state index is 12.5. The SMILES string of the molecule is CCCCCCCCC/C=C\CCCCCCCC(=O)OCCCCCCCCCCCCCCCCCCCC(=O)NC(CO)C(O)/C=C/CCCCCCCCCCCCCCCC. The summed E-state index contributed by atoms with van der Waals surface area (Å²) in [6.45, 7) is 4.90. The van der Waals surface area contributed by atoms with Gasteiger partial charge in [0.15, 0.2) is 0 Å². The molecular formula is C60H115NO5. The minimum atomic E-state index is -0.848. The van der Waals surface area contributed by atoms with Crippen molar-refractivity contribution in [2.24, 2.45) is 0 Å². The fraction of sp³-hybridized carbons (Fsp3) is 0.900. The van der Waals surface area contributed by atoms with Crippen LogP contribution < -0.4 is 5.32 Å². The van der Waals surface area contributed by atoms with Crippen molar-refractivity contribution in [2.75, 3.05) is 13.2 Å². The van der Waals surface area contributed by atoms with Gasteiger partial charge in [-0.05, 0) is 57.8 Å². The normalized spacial score (nSPS) is 12.7.